The van der Waals surface area contributed by atoms with Crippen molar-refractivity contribution in [2.45, 2.75) is 38.3 Å². The third-order valence-corrected chi connectivity index (χ3v) is 3.52. The van der Waals surface area contributed by atoms with Crippen molar-refractivity contribution in [2.75, 3.05) is 13.2 Å². The van der Waals surface area contributed by atoms with Gasteiger partial charge in [-0.25, -0.2) is 0 Å². The van der Waals surface area contributed by atoms with Gasteiger partial charge in [-0.1, -0.05) is 37.6 Å². The second-order valence-electron chi connectivity index (χ2n) is 4.90. The Morgan fingerprint density at radius 2 is 2.32 bits per heavy atom. The normalized spacial score (nSPS) is 19.7. The summed E-state index contributed by atoms with van der Waals surface area (Å²) in [7, 11) is 0. The lowest BCUT2D eigenvalue weighted by molar-refractivity contribution is -0.139. The summed E-state index contributed by atoms with van der Waals surface area (Å²) >= 11 is 0. The van der Waals surface area contributed by atoms with Crippen LogP contribution in [0, 0.1) is 0 Å². The molecule has 0 fully saturated rings. The van der Waals surface area contributed by atoms with Crippen molar-refractivity contribution in [3.8, 4) is 0 Å². The minimum absolute atomic E-state index is 0.0383. The third-order valence-electron chi connectivity index (χ3n) is 3.52. The number of hydrogen-bond donors (Lipinski definition) is 2. The van der Waals surface area contributed by atoms with Crippen molar-refractivity contribution in [2.24, 2.45) is 0 Å². The maximum atomic E-state index is 11.1. The molecule has 104 valence electrons. The molecule has 19 heavy (non-hydrogen) atoms. The van der Waals surface area contributed by atoms with Crippen LogP contribution in [0.15, 0.2) is 24.3 Å². The summed E-state index contributed by atoms with van der Waals surface area (Å²) in [5, 5.41) is 12.2. The van der Waals surface area contributed by atoms with Crippen LogP contribution in [0.1, 0.15) is 37.0 Å². The highest BCUT2D eigenvalue weighted by atomic mass is 16.5. The van der Waals surface area contributed by atoms with Crippen LogP contribution in [0.3, 0.4) is 0 Å². The molecule has 2 atom stereocenters. The van der Waals surface area contributed by atoms with E-state index in [9.17, 15) is 4.79 Å². The second-order valence-corrected chi connectivity index (χ2v) is 4.90. The zero-order valence-electron chi connectivity index (χ0n) is 11.3. The van der Waals surface area contributed by atoms with E-state index in [2.05, 4.69) is 17.4 Å². The molecule has 0 spiro atoms. The minimum Gasteiger partial charge on any atom is -0.480 e. The first-order valence-corrected chi connectivity index (χ1v) is 6.88. The SMILES string of the molecule is CCCC(NCC1OCCc2ccccc21)C(=O)O. The lowest BCUT2D eigenvalue weighted by atomic mass is 9.97. The number of carbonyl (C=O) groups is 1. The lowest BCUT2D eigenvalue weighted by Crippen LogP contribution is -2.40. The molecule has 2 N–H and O–H groups in total. The average Bonchev–Trinajstić information content (AvgIpc) is 2.43. The van der Waals surface area contributed by atoms with Gasteiger partial charge in [0.25, 0.3) is 0 Å². The van der Waals surface area contributed by atoms with E-state index in [1.807, 2.05) is 19.1 Å². The summed E-state index contributed by atoms with van der Waals surface area (Å²) in [6.07, 6.45) is 2.39. The molecule has 1 aliphatic rings. The van der Waals surface area contributed by atoms with Crippen LogP contribution in [0.2, 0.25) is 0 Å². The maximum Gasteiger partial charge on any atom is 0.320 e. The number of carboxylic acids is 1. The van der Waals surface area contributed by atoms with Crippen LogP contribution in [0.5, 0.6) is 0 Å². The van der Waals surface area contributed by atoms with Gasteiger partial charge in [0.15, 0.2) is 0 Å². The molecule has 0 amide bonds. The van der Waals surface area contributed by atoms with E-state index in [-0.39, 0.29) is 6.10 Å². The summed E-state index contributed by atoms with van der Waals surface area (Å²) < 4.78 is 5.76. The Kier molecular flexibility index (Phi) is 4.93. The number of fused-ring (bicyclic) bond motifs is 1. The van der Waals surface area contributed by atoms with Crippen LogP contribution < -0.4 is 5.32 Å². The molecule has 0 saturated heterocycles. The van der Waals surface area contributed by atoms with E-state index in [1.165, 1.54) is 11.1 Å². The Morgan fingerprint density at radius 1 is 1.53 bits per heavy atom. The molecule has 2 rings (SSSR count). The van der Waals surface area contributed by atoms with Crippen LogP contribution in [0.4, 0.5) is 0 Å². The van der Waals surface area contributed by atoms with Crippen LogP contribution in [-0.2, 0) is 16.0 Å². The van der Waals surface area contributed by atoms with E-state index >= 15 is 0 Å². The Bertz CT molecular complexity index is 433. The van der Waals surface area contributed by atoms with Crippen LogP contribution in [-0.4, -0.2) is 30.3 Å². The van der Waals surface area contributed by atoms with Gasteiger partial charge in [0.1, 0.15) is 6.04 Å². The fourth-order valence-corrected chi connectivity index (χ4v) is 2.50. The molecule has 1 heterocycles. The Labute approximate surface area is 113 Å². The summed E-state index contributed by atoms with van der Waals surface area (Å²) in [6, 6.07) is 7.73. The molecule has 0 aliphatic carbocycles. The topological polar surface area (TPSA) is 58.6 Å². The number of carboxylic acid groups (broad SMARTS) is 1. The molecular formula is C15H21NO3. The van der Waals surface area contributed by atoms with Crippen molar-refractivity contribution in [1.29, 1.82) is 0 Å². The number of hydrogen-bond acceptors (Lipinski definition) is 3. The second kappa shape index (κ2) is 6.68. The fraction of sp³-hybridized carbons (Fsp3) is 0.533. The van der Waals surface area contributed by atoms with Gasteiger partial charge in [-0.3, -0.25) is 4.79 Å². The zero-order chi connectivity index (χ0) is 13.7. The number of ether oxygens (including phenoxy) is 1. The Hall–Kier alpha value is -1.39. The van der Waals surface area contributed by atoms with E-state index in [0.29, 0.717) is 19.6 Å². The van der Waals surface area contributed by atoms with E-state index in [1.54, 1.807) is 0 Å². The quantitative estimate of drug-likeness (QED) is 0.825. The summed E-state index contributed by atoms with van der Waals surface area (Å²) in [6.45, 7) is 3.24. The third kappa shape index (κ3) is 3.55. The van der Waals surface area contributed by atoms with Gasteiger partial charge in [0.05, 0.1) is 12.7 Å². The van der Waals surface area contributed by atoms with E-state index in [4.69, 9.17) is 9.84 Å². The van der Waals surface area contributed by atoms with Gasteiger partial charge < -0.3 is 15.2 Å². The van der Waals surface area contributed by atoms with E-state index in [0.717, 1.165) is 12.8 Å². The highest BCUT2D eigenvalue weighted by Crippen LogP contribution is 2.26. The minimum atomic E-state index is -0.786. The summed E-state index contributed by atoms with van der Waals surface area (Å²) in [5.74, 6) is -0.786. The predicted octanol–water partition coefficient (Wildman–Crippen LogP) is 2.14. The van der Waals surface area contributed by atoms with Gasteiger partial charge >= 0.3 is 5.97 Å². The number of nitrogens with one attached hydrogen (secondary N) is 1. The first kappa shape index (κ1) is 14.0. The van der Waals surface area contributed by atoms with Crippen molar-refractivity contribution < 1.29 is 14.6 Å². The monoisotopic (exact) mass is 263 g/mol. The van der Waals surface area contributed by atoms with Crippen molar-refractivity contribution in [3.63, 3.8) is 0 Å². The van der Waals surface area contributed by atoms with Gasteiger partial charge in [0.2, 0.25) is 0 Å². The standard InChI is InChI=1S/C15H21NO3/c1-2-5-13(15(17)18)16-10-14-12-7-4-3-6-11(12)8-9-19-14/h3-4,6-7,13-14,16H,2,5,8-10H2,1H3,(H,17,18). The average molecular weight is 263 g/mol. The molecule has 0 radical (unpaired) electrons. The number of rotatable bonds is 6. The van der Waals surface area contributed by atoms with Gasteiger partial charge in [0, 0.05) is 6.54 Å². The first-order valence-electron chi connectivity index (χ1n) is 6.88. The first-order chi connectivity index (χ1) is 9.22. The highest BCUT2D eigenvalue weighted by Gasteiger charge is 2.23. The smallest absolute Gasteiger partial charge is 0.320 e. The largest absolute Gasteiger partial charge is 0.480 e. The molecule has 1 aliphatic heterocycles. The zero-order valence-corrected chi connectivity index (χ0v) is 11.3. The lowest BCUT2D eigenvalue weighted by Gasteiger charge is -2.27. The molecule has 1 aromatic rings. The molecule has 2 unspecified atom stereocenters. The van der Waals surface area contributed by atoms with Crippen molar-refractivity contribution in [1.82, 2.24) is 5.32 Å². The number of aliphatic carboxylic acids is 1. The Balaban J connectivity index is 1.98. The molecule has 0 saturated carbocycles. The molecule has 0 aromatic heterocycles. The van der Waals surface area contributed by atoms with Crippen LogP contribution in [0.25, 0.3) is 0 Å². The number of benzene rings is 1. The van der Waals surface area contributed by atoms with Gasteiger partial charge in [-0.15, -0.1) is 0 Å². The fourth-order valence-electron chi connectivity index (χ4n) is 2.50. The molecule has 1 aromatic carbocycles. The van der Waals surface area contributed by atoms with Gasteiger partial charge in [-0.2, -0.15) is 0 Å². The Morgan fingerprint density at radius 3 is 3.05 bits per heavy atom. The van der Waals surface area contributed by atoms with Crippen molar-refractivity contribution >= 4 is 5.97 Å². The molecule has 4 heteroatoms. The maximum absolute atomic E-state index is 11.1. The summed E-state index contributed by atoms with van der Waals surface area (Å²) in [5.41, 5.74) is 2.49. The van der Waals surface area contributed by atoms with Gasteiger partial charge in [-0.05, 0) is 24.0 Å². The van der Waals surface area contributed by atoms with E-state index < -0.39 is 12.0 Å². The molecular weight excluding hydrogens is 242 g/mol. The van der Waals surface area contributed by atoms with Crippen molar-refractivity contribution in [3.05, 3.63) is 35.4 Å². The summed E-state index contributed by atoms with van der Waals surface area (Å²) in [4.78, 5) is 11.1. The highest BCUT2D eigenvalue weighted by molar-refractivity contribution is 5.73. The predicted molar refractivity (Wildman–Crippen MR) is 73.2 cm³/mol. The van der Waals surface area contributed by atoms with Crippen LogP contribution >= 0.6 is 0 Å². The molecule has 4 nitrogen and oxygen atoms in total. The molecule has 0 bridgehead atoms.